The van der Waals surface area contributed by atoms with Crippen molar-refractivity contribution in [2.75, 3.05) is 0 Å². The van der Waals surface area contributed by atoms with Gasteiger partial charge in [-0.25, -0.2) is 4.98 Å². The van der Waals surface area contributed by atoms with Crippen LogP contribution in [-0.4, -0.2) is 13.9 Å². The summed E-state index contributed by atoms with van der Waals surface area (Å²) in [7, 11) is 0. The molecule has 0 unspecified atom stereocenters. The zero-order chi connectivity index (χ0) is 15.7. The number of aromatic nitrogens is 3. The maximum absolute atomic E-state index is 12.9. The molecular weight excluding hydrogens is 362 g/mol. The lowest BCUT2D eigenvalue weighted by atomic mass is 10.2. The summed E-state index contributed by atoms with van der Waals surface area (Å²) < 4.78 is 6.05. The van der Waals surface area contributed by atoms with E-state index in [0.717, 1.165) is 28.3 Å². The molecule has 0 saturated heterocycles. The van der Waals surface area contributed by atoms with Crippen molar-refractivity contribution < 1.29 is 0 Å². The Balaban J connectivity index is 2.22. The lowest BCUT2D eigenvalue weighted by molar-refractivity contribution is 0.663. The van der Waals surface area contributed by atoms with E-state index in [4.69, 9.17) is 4.98 Å². The summed E-state index contributed by atoms with van der Waals surface area (Å²) in [6.45, 7) is 4.45. The minimum Gasteiger partial charge on any atom is -0.291 e. The molecule has 114 valence electrons. The molecule has 0 aliphatic carbocycles. The van der Waals surface area contributed by atoms with Crippen LogP contribution < -0.4 is 5.56 Å². The van der Waals surface area contributed by atoms with Gasteiger partial charge in [0.15, 0.2) is 4.83 Å². The molecule has 3 rings (SSSR count). The lowest BCUT2D eigenvalue weighted by Gasteiger charge is -2.15. The van der Waals surface area contributed by atoms with Gasteiger partial charge in [0.05, 0.1) is 22.5 Å². The van der Waals surface area contributed by atoms with E-state index >= 15 is 0 Å². The molecule has 4 nitrogen and oxygen atoms in total. The van der Waals surface area contributed by atoms with Crippen molar-refractivity contribution >= 4 is 37.7 Å². The highest BCUT2D eigenvalue weighted by Gasteiger charge is 2.19. The highest BCUT2D eigenvalue weighted by molar-refractivity contribution is 9.09. The second kappa shape index (κ2) is 6.30. The van der Waals surface area contributed by atoms with Gasteiger partial charge in [-0.2, -0.15) is 4.37 Å². The Morgan fingerprint density at radius 1 is 1.32 bits per heavy atom. The summed E-state index contributed by atoms with van der Waals surface area (Å²) in [6, 6.07) is 9.98. The maximum atomic E-state index is 12.9. The molecule has 0 aliphatic heterocycles. The van der Waals surface area contributed by atoms with Crippen molar-refractivity contribution in [3.8, 4) is 0 Å². The summed E-state index contributed by atoms with van der Waals surface area (Å²) in [6.07, 6.45) is 0.866. The van der Waals surface area contributed by atoms with E-state index in [9.17, 15) is 4.79 Å². The van der Waals surface area contributed by atoms with Crippen LogP contribution in [0.2, 0.25) is 0 Å². The predicted octanol–water partition coefficient (Wildman–Crippen LogP) is 4.06. The first kappa shape index (κ1) is 15.4. The van der Waals surface area contributed by atoms with Crippen molar-refractivity contribution in [3.63, 3.8) is 0 Å². The fourth-order valence-corrected chi connectivity index (χ4v) is 3.55. The van der Waals surface area contributed by atoms with Crippen LogP contribution in [-0.2, 0) is 6.54 Å². The summed E-state index contributed by atoms with van der Waals surface area (Å²) in [5, 5.41) is 0.639. The molecule has 0 saturated carbocycles. The Labute approximate surface area is 141 Å². The van der Waals surface area contributed by atoms with E-state index in [-0.39, 0.29) is 10.4 Å². The SMILES string of the molecule is CC[C@@H](Br)c1nc2snc(C)c2c(=O)n1Cc1ccccc1. The summed E-state index contributed by atoms with van der Waals surface area (Å²) >= 11 is 4.93. The van der Waals surface area contributed by atoms with E-state index in [0.29, 0.717) is 11.9 Å². The number of rotatable bonds is 4. The smallest absolute Gasteiger partial charge is 0.264 e. The van der Waals surface area contributed by atoms with E-state index in [1.54, 1.807) is 4.57 Å². The second-order valence-electron chi connectivity index (χ2n) is 5.17. The molecular formula is C16H16BrN3OS. The number of hydrogen-bond acceptors (Lipinski definition) is 4. The van der Waals surface area contributed by atoms with E-state index < -0.39 is 0 Å². The summed E-state index contributed by atoms with van der Waals surface area (Å²) in [4.78, 5) is 18.4. The number of fused-ring (bicyclic) bond motifs is 1. The van der Waals surface area contributed by atoms with Crippen molar-refractivity contribution in [1.29, 1.82) is 0 Å². The van der Waals surface area contributed by atoms with Crippen LogP contribution in [0.5, 0.6) is 0 Å². The lowest BCUT2D eigenvalue weighted by Crippen LogP contribution is -2.26. The van der Waals surface area contributed by atoms with Gasteiger partial charge in [-0.15, -0.1) is 0 Å². The maximum Gasteiger partial charge on any atom is 0.264 e. The van der Waals surface area contributed by atoms with Crippen molar-refractivity contribution in [3.05, 3.63) is 57.8 Å². The zero-order valence-corrected chi connectivity index (χ0v) is 14.8. The van der Waals surface area contributed by atoms with Gasteiger partial charge in [0.2, 0.25) is 0 Å². The van der Waals surface area contributed by atoms with Gasteiger partial charge in [-0.1, -0.05) is 53.2 Å². The first-order chi connectivity index (χ1) is 10.6. The van der Waals surface area contributed by atoms with Crippen LogP contribution in [0.3, 0.4) is 0 Å². The van der Waals surface area contributed by atoms with Crippen LogP contribution in [0.25, 0.3) is 10.2 Å². The molecule has 0 N–H and O–H groups in total. The predicted molar refractivity (Wildman–Crippen MR) is 93.9 cm³/mol. The molecule has 0 radical (unpaired) electrons. The number of benzene rings is 1. The highest BCUT2D eigenvalue weighted by atomic mass is 79.9. The Morgan fingerprint density at radius 3 is 2.73 bits per heavy atom. The van der Waals surface area contributed by atoms with Gasteiger partial charge in [0, 0.05) is 0 Å². The summed E-state index contributed by atoms with van der Waals surface area (Å²) in [5.41, 5.74) is 1.84. The Kier molecular flexibility index (Phi) is 4.40. The molecule has 3 aromatic rings. The molecule has 1 atom stereocenters. The number of halogens is 1. The average molecular weight is 378 g/mol. The molecule has 0 bridgehead atoms. The molecule has 0 amide bonds. The normalized spacial score (nSPS) is 12.7. The van der Waals surface area contributed by atoms with Crippen LogP contribution in [0.4, 0.5) is 0 Å². The van der Waals surface area contributed by atoms with Crippen molar-refractivity contribution in [2.45, 2.75) is 31.6 Å². The van der Waals surface area contributed by atoms with Crippen LogP contribution in [0, 0.1) is 6.92 Å². The fourth-order valence-electron chi connectivity index (χ4n) is 2.42. The van der Waals surface area contributed by atoms with Gasteiger partial charge in [-0.3, -0.25) is 9.36 Å². The third-order valence-electron chi connectivity index (χ3n) is 3.62. The molecule has 1 aromatic carbocycles. The van der Waals surface area contributed by atoms with Crippen LogP contribution in [0.15, 0.2) is 35.1 Å². The Morgan fingerprint density at radius 2 is 2.05 bits per heavy atom. The number of nitrogens with zero attached hydrogens (tertiary/aromatic N) is 3. The number of hydrogen-bond donors (Lipinski definition) is 0. The second-order valence-corrected chi connectivity index (χ2v) is 7.03. The fraction of sp³-hybridized carbons (Fsp3) is 0.312. The Hall–Kier alpha value is -1.53. The van der Waals surface area contributed by atoms with Crippen molar-refractivity contribution in [1.82, 2.24) is 13.9 Å². The van der Waals surface area contributed by atoms with Crippen molar-refractivity contribution in [2.24, 2.45) is 0 Å². The van der Waals surface area contributed by atoms with Gasteiger partial charge < -0.3 is 0 Å². The van der Waals surface area contributed by atoms with E-state index in [1.807, 2.05) is 37.3 Å². The number of aryl methyl sites for hydroxylation is 1. The van der Waals surface area contributed by atoms with Gasteiger partial charge in [0.1, 0.15) is 5.82 Å². The third-order valence-corrected chi connectivity index (χ3v) is 5.51. The average Bonchev–Trinajstić information content (AvgIpc) is 2.91. The first-order valence-electron chi connectivity index (χ1n) is 7.16. The molecule has 0 aliphatic rings. The monoisotopic (exact) mass is 377 g/mol. The topological polar surface area (TPSA) is 47.8 Å². The van der Waals surface area contributed by atoms with Crippen LogP contribution in [0.1, 0.15) is 35.3 Å². The van der Waals surface area contributed by atoms with Crippen LogP contribution >= 0.6 is 27.5 Å². The minimum absolute atomic E-state index is 0.00648. The number of alkyl halides is 1. The van der Waals surface area contributed by atoms with E-state index in [2.05, 4.69) is 27.2 Å². The summed E-state index contributed by atoms with van der Waals surface area (Å²) in [5.74, 6) is 0.771. The Bertz CT molecular complexity index is 857. The molecule has 2 aromatic heterocycles. The largest absolute Gasteiger partial charge is 0.291 e. The van der Waals surface area contributed by atoms with Gasteiger partial charge in [0.25, 0.3) is 5.56 Å². The van der Waals surface area contributed by atoms with Gasteiger partial charge >= 0.3 is 0 Å². The molecule has 0 fully saturated rings. The highest BCUT2D eigenvalue weighted by Crippen LogP contribution is 2.27. The molecule has 6 heteroatoms. The van der Waals surface area contributed by atoms with E-state index in [1.165, 1.54) is 11.5 Å². The van der Waals surface area contributed by atoms with Gasteiger partial charge in [-0.05, 0) is 30.4 Å². The zero-order valence-electron chi connectivity index (χ0n) is 12.4. The standard InChI is InChI=1S/C16H16BrN3OS/c1-3-12(17)14-18-15-13(10(2)19-22-15)16(21)20(14)9-11-7-5-4-6-8-11/h4-8,12H,3,9H2,1-2H3/t12-/m1/s1. The quantitative estimate of drug-likeness (QED) is 0.644. The third kappa shape index (κ3) is 2.73. The molecule has 0 spiro atoms. The molecule has 22 heavy (non-hydrogen) atoms. The molecule has 2 heterocycles. The first-order valence-corrected chi connectivity index (χ1v) is 8.85. The minimum atomic E-state index is -0.00648.